The lowest BCUT2D eigenvalue weighted by Crippen LogP contribution is -2.33. The standard InChI is InChI=1S/C7H15NOS/c1-2-7(9)6-3-5(10)4-8-6/h5-10H,2-4H2,1H3. The molecule has 1 heterocycles. The third kappa shape index (κ3) is 1.87. The van der Waals surface area contributed by atoms with Gasteiger partial charge in [0.25, 0.3) is 0 Å². The molecule has 0 spiro atoms. The molecule has 3 atom stereocenters. The molecule has 0 aromatic rings. The highest BCUT2D eigenvalue weighted by Crippen LogP contribution is 2.15. The molecule has 3 heteroatoms. The van der Waals surface area contributed by atoms with Gasteiger partial charge in [-0.25, -0.2) is 0 Å². The fourth-order valence-corrected chi connectivity index (χ4v) is 1.66. The maximum atomic E-state index is 9.38. The topological polar surface area (TPSA) is 32.3 Å². The fraction of sp³-hybridized carbons (Fsp3) is 1.00. The molecule has 0 aromatic carbocycles. The lowest BCUT2D eigenvalue weighted by atomic mass is 10.1. The smallest absolute Gasteiger partial charge is 0.0691 e. The zero-order valence-corrected chi connectivity index (χ0v) is 7.14. The van der Waals surface area contributed by atoms with Crippen LogP contribution >= 0.6 is 12.6 Å². The minimum absolute atomic E-state index is 0.183. The summed E-state index contributed by atoms with van der Waals surface area (Å²) in [5.41, 5.74) is 0. The van der Waals surface area contributed by atoms with E-state index < -0.39 is 0 Å². The van der Waals surface area contributed by atoms with Crippen LogP contribution in [0.4, 0.5) is 0 Å². The number of hydrogen-bond acceptors (Lipinski definition) is 3. The van der Waals surface area contributed by atoms with Crippen molar-refractivity contribution in [3.05, 3.63) is 0 Å². The molecule has 1 aliphatic heterocycles. The van der Waals surface area contributed by atoms with Crippen LogP contribution in [0.5, 0.6) is 0 Å². The van der Waals surface area contributed by atoms with Gasteiger partial charge in [0.1, 0.15) is 0 Å². The first-order chi connectivity index (χ1) is 4.74. The summed E-state index contributed by atoms with van der Waals surface area (Å²) in [5.74, 6) is 0. The largest absolute Gasteiger partial charge is 0.392 e. The Morgan fingerprint density at radius 2 is 2.50 bits per heavy atom. The lowest BCUT2D eigenvalue weighted by molar-refractivity contribution is 0.132. The van der Waals surface area contributed by atoms with Gasteiger partial charge in [-0.2, -0.15) is 12.6 Å². The monoisotopic (exact) mass is 161 g/mol. The van der Waals surface area contributed by atoms with Crippen molar-refractivity contribution in [3.63, 3.8) is 0 Å². The summed E-state index contributed by atoms with van der Waals surface area (Å²) in [6, 6.07) is 0.285. The van der Waals surface area contributed by atoms with E-state index in [-0.39, 0.29) is 12.1 Å². The van der Waals surface area contributed by atoms with E-state index >= 15 is 0 Å². The van der Waals surface area contributed by atoms with E-state index in [1.807, 2.05) is 6.92 Å². The third-order valence-electron chi connectivity index (χ3n) is 2.02. The minimum Gasteiger partial charge on any atom is -0.392 e. The average Bonchev–Trinajstić information content (AvgIpc) is 2.34. The fourth-order valence-electron chi connectivity index (χ4n) is 1.32. The highest BCUT2D eigenvalue weighted by Gasteiger charge is 2.25. The number of nitrogens with one attached hydrogen (secondary N) is 1. The van der Waals surface area contributed by atoms with Crippen molar-refractivity contribution in [2.75, 3.05) is 6.54 Å². The summed E-state index contributed by atoms with van der Waals surface area (Å²) >= 11 is 4.31. The molecule has 0 saturated carbocycles. The van der Waals surface area contributed by atoms with Crippen LogP contribution in [0.2, 0.25) is 0 Å². The molecule has 0 amide bonds. The Labute approximate surface area is 67.4 Å². The minimum atomic E-state index is -0.183. The number of hydrogen-bond donors (Lipinski definition) is 3. The van der Waals surface area contributed by atoms with Gasteiger partial charge in [0.2, 0.25) is 0 Å². The predicted molar refractivity (Wildman–Crippen MR) is 45.5 cm³/mol. The molecular formula is C7H15NOS. The summed E-state index contributed by atoms with van der Waals surface area (Å²) in [6.07, 6.45) is 1.65. The zero-order chi connectivity index (χ0) is 7.56. The highest BCUT2D eigenvalue weighted by molar-refractivity contribution is 7.81. The van der Waals surface area contributed by atoms with E-state index in [4.69, 9.17) is 0 Å². The predicted octanol–water partition coefficient (Wildman–Crippen LogP) is 0.418. The second kappa shape index (κ2) is 3.60. The number of aliphatic hydroxyl groups is 1. The van der Waals surface area contributed by atoms with E-state index in [2.05, 4.69) is 17.9 Å². The molecule has 0 aliphatic carbocycles. The molecule has 0 bridgehead atoms. The Morgan fingerprint density at radius 1 is 1.80 bits per heavy atom. The molecule has 1 fully saturated rings. The summed E-state index contributed by atoms with van der Waals surface area (Å²) in [4.78, 5) is 0. The first kappa shape index (κ1) is 8.37. The quantitative estimate of drug-likeness (QED) is 0.513. The Hall–Kier alpha value is 0.270. The Bertz CT molecular complexity index is 110. The van der Waals surface area contributed by atoms with Crippen molar-refractivity contribution in [3.8, 4) is 0 Å². The van der Waals surface area contributed by atoms with E-state index in [1.165, 1.54) is 0 Å². The molecule has 60 valence electrons. The van der Waals surface area contributed by atoms with Gasteiger partial charge in [-0.15, -0.1) is 0 Å². The van der Waals surface area contributed by atoms with Crippen molar-refractivity contribution in [2.45, 2.75) is 37.2 Å². The van der Waals surface area contributed by atoms with E-state index in [0.717, 1.165) is 19.4 Å². The molecule has 1 rings (SSSR count). The van der Waals surface area contributed by atoms with Crippen molar-refractivity contribution >= 4 is 12.6 Å². The first-order valence-corrected chi connectivity index (χ1v) is 4.35. The molecule has 3 unspecified atom stereocenters. The van der Waals surface area contributed by atoms with Gasteiger partial charge in [-0.1, -0.05) is 6.92 Å². The summed E-state index contributed by atoms with van der Waals surface area (Å²) in [5, 5.41) is 13.0. The SMILES string of the molecule is CCC(O)C1CC(S)CN1. The van der Waals surface area contributed by atoms with Crippen LogP contribution in [0.3, 0.4) is 0 Å². The lowest BCUT2D eigenvalue weighted by Gasteiger charge is -2.15. The number of rotatable bonds is 2. The Kier molecular flexibility index (Phi) is 3.01. The van der Waals surface area contributed by atoms with Gasteiger partial charge in [0.15, 0.2) is 0 Å². The van der Waals surface area contributed by atoms with E-state index in [1.54, 1.807) is 0 Å². The molecule has 0 aromatic heterocycles. The van der Waals surface area contributed by atoms with Gasteiger partial charge >= 0.3 is 0 Å². The van der Waals surface area contributed by atoms with Gasteiger partial charge < -0.3 is 10.4 Å². The van der Waals surface area contributed by atoms with Gasteiger partial charge in [-0.05, 0) is 12.8 Å². The Morgan fingerprint density at radius 3 is 2.90 bits per heavy atom. The van der Waals surface area contributed by atoms with Crippen molar-refractivity contribution in [1.82, 2.24) is 5.32 Å². The summed E-state index contributed by atoms with van der Waals surface area (Å²) in [7, 11) is 0. The van der Waals surface area contributed by atoms with Gasteiger partial charge in [-0.3, -0.25) is 0 Å². The summed E-state index contributed by atoms with van der Waals surface area (Å²) < 4.78 is 0. The van der Waals surface area contributed by atoms with Crippen LogP contribution in [0, 0.1) is 0 Å². The third-order valence-corrected chi connectivity index (χ3v) is 2.42. The van der Waals surface area contributed by atoms with Crippen LogP contribution in [-0.2, 0) is 0 Å². The summed E-state index contributed by atoms with van der Waals surface area (Å²) in [6.45, 7) is 2.93. The molecule has 1 saturated heterocycles. The van der Waals surface area contributed by atoms with Gasteiger partial charge in [0.05, 0.1) is 6.10 Å². The van der Waals surface area contributed by atoms with Crippen LogP contribution in [0.1, 0.15) is 19.8 Å². The average molecular weight is 161 g/mol. The Balaban J connectivity index is 2.29. The molecule has 2 nitrogen and oxygen atoms in total. The van der Waals surface area contributed by atoms with Crippen LogP contribution in [-0.4, -0.2) is 29.0 Å². The highest BCUT2D eigenvalue weighted by atomic mass is 32.1. The molecule has 2 N–H and O–H groups in total. The van der Waals surface area contributed by atoms with Crippen LogP contribution < -0.4 is 5.32 Å². The van der Waals surface area contributed by atoms with Crippen LogP contribution in [0.15, 0.2) is 0 Å². The van der Waals surface area contributed by atoms with E-state index in [0.29, 0.717) is 5.25 Å². The van der Waals surface area contributed by atoms with Crippen molar-refractivity contribution in [2.24, 2.45) is 0 Å². The zero-order valence-electron chi connectivity index (χ0n) is 6.25. The molecular weight excluding hydrogens is 146 g/mol. The first-order valence-electron chi connectivity index (χ1n) is 3.83. The van der Waals surface area contributed by atoms with Crippen LogP contribution in [0.25, 0.3) is 0 Å². The van der Waals surface area contributed by atoms with Gasteiger partial charge in [0, 0.05) is 17.8 Å². The van der Waals surface area contributed by atoms with Crippen molar-refractivity contribution < 1.29 is 5.11 Å². The maximum absolute atomic E-state index is 9.38. The second-order valence-electron chi connectivity index (χ2n) is 2.88. The normalized spacial score (nSPS) is 36.3. The number of thiol groups is 1. The van der Waals surface area contributed by atoms with Crippen molar-refractivity contribution in [1.29, 1.82) is 0 Å². The molecule has 1 aliphatic rings. The number of aliphatic hydroxyl groups excluding tert-OH is 1. The second-order valence-corrected chi connectivity index (χ2v) is 3.61. The van der Waals surface area contributed by atoms with E-state index in [9.17, 15) is 5.11 Å². The molecule has 0 radical (unpaired) electrons. The molecule has 10 heavy (non-hydrogen) atoms. The maximum Gasteiger partial charge on any atom is 0.0691 e.